The average molecular weight is 316 g/mol. The van der Waals surface area contributed by atoms with Gasteiger partial charge in [-0.15, -0.1) is 0 Å². The molecule has 2 aliphatic rings. The number of anilines is 2. The van der Waals surface area contributed by atoms with E-state index >= 15 is 0 Å². The molecule has 8 heteroatoms. The molecule has 1 unspecified atom stereocenters. The van der Waals surface area contributed by atoms with Crippen molar-refractivity contribution in [3.8, 4) is 0 Å². The van der Waals surface area contributed by atoms with E-state index in [1.165, 1.54) is 12.8 Å². The molecule has 2 fully saturated rings. The van der Waals surface area contributed by atoms with E-state index in [0.29, 0.717) is 11.0 Å². The van der Waals surface area contributed by atoms with Gasteiger partial charge in [0.2, 0.25) is 0 Å². The van der Waals surface area contributed by atoms with E-state index in [1.54, 1.807) is 6.92 Å². The largest absolute Gasteiger partial charge is 0.382 e. The fourth-order valence-electron chi connectivity index (χ4n) is 2.69. The lowest BCUT2D eigenvalue weighted by Crippen LogP contribution is -2.27. The number of nitrogens with two attached hydrogens (primary N) is 1. The Bertz CT molecular complexity index is 595. The predicted octanol–water partition coefficient (Wildman–Crippen LogP) is 1.17. The van der Waals surface area contributed by atoms with Crippen molar-refractivity contribution in [1.29, 1.82) is 0 Å². The molecule has 0 radical (unpaired) electrons. The van der Waals surface area contributed by atoms with E-state index in [-0.39, 0.29) is 16.5 Å². The van der Waals surface area contributed by atoms with Crippen molar-refractivity contribution in [1.82, 2.24) is 9.27 Å². The van der Waals surface area contributed by atoms with Gasteiger partial charge in [-0.3, -0.25) is 4.90 Å². The Balaban J connectivity index is 1.75. The first-order valence-corrected chi connectivity index (χ1v) is 9.42. The van der Waals surface area contributed by atoms with Gasteiger partial charge in [0, 0.05) is 25.2 Å². The van der Waals surface area contributed by atoms with Gasteiger partial charge in [-0.25, -0.2) is 8.42 Å². The topological polar surface area (TPSA) is 88.3 Å². The molecule has 6 nitrogen and oxygen atoms in total. The molecule has 20 heavy (non-hydrogen) atoms. The number of hydrogen-bond acceptors (Lipinski definition) is 7. The van der Waals surface area contributed by atoms with E-state index in [2.05, 4.69) is 14.6 Å². The minimum absolute atomic E-state index is 0.0448. The summed E-state index contributed by atoms with van der Waals surface area (Å²) in [5.41, 5.74) is 5.73. The maximum Gasteiger partial charge on any atom is 0.184 e. The van der Waals surface area contributed by atoms with Crippen molar-refractivity contribution in [3.63, 3.8) is 0 Å². The highest BCUT2D eigenvalue weighted by Crippen LogP contribution is 2.35. The highest BCUT2D eigenvalue weighted by molar-refractivity contribution is 7.91. The Kier molecular flexibility index (Phi) is 3.64. The first-order chi connectivity index (χ1) is 9.51. The highest BCUT2D eigenvalue weighted by Gasteiger charge is 2.35. The first kappa shape index (κ1) is 14.1. The molecule has 0 aromatic carbocycles. The number of sulfone groups is 1. The zero-order chi connectivity index (χ0) is 14.3. The Hall–Kier alpha value is -0.860. The second kappa shape index (κ2) is 5.16. The molecule has 1 aromatic rings. The highest BCUT2D eigenvalue weighted by atomic mass is 32.2. The van der Waals surface area contributed by atoms with Gasteiger partial charge in [0.05, 0.1) is 5.75 Å². The second-order valence-corrected chi connectivity index (χ2v) is 8.47. The number of nitrogens with zero attached hydrogens (tertiary/aromatic N) is 2. The van der Waals surface area contributed by atoms with Crippen molar-refractivity contribution in [2.24, 2.45) is 0 Å². The summed E-state index contributed by atoms with van der Waals surface area (Å²) in [6, 6.07) is 1.05. The molecule has 1 aliphatic carbocycles. The van der Waals surface area contributed by atoms with E-state index in [4.69, 9.17) is 5.73 Å². The quantitative estimate of drug-likeness (QED) is 0.848. The number of hydrogen-bond donors (Lipinski definition) is 2. The van der Waals surface area contributed by atoms with Crippen molar-refractivity contribution < 1.29 is 8.42 Å². The SMILES string of the molecule is CCS(=O)(=O)c1c(N)nsc1NC1CCN(C2CC2)C1. The summed E-state index contributed by atoms with van der Waals surface area (Å²) < 4.78 is 28.2. The molecule has 1 saturated carbocycles. The van der Waals surface area contributed by atoms with Crippen LogP contribution in [0.5, 0.6) is 0 Å². The van der Waals surface area contributed by atoms with Crippen LogP contribution < -0.4 is 11.1 Å². The Labute approximate surface area is 123 Å². The zero-order valence-corrected chi connectivity index (χ0v) is 13.1. The molecule has 1 saturated heterocycles. The Morgan fingerprint density at radius 2 is 2.20 bits per heavy atom. The first-order valence-electron chi connectivity index (χ1n) is 6.99. The normalized spacial score (nSPS) is 24.1. The molecule has 1 atom stereocenters. The van der Waals surface area contributed by atoms with Crippen LogP contribution >= 0.6 is 11.5 Å². The van der Waals surface area contributed by atoms with Crippen LogP contribution in [0.15, 0.2) is 4.90 Å². The van der Waals surface area contributed by atoms with Crippen LogP contribution in [0.3, 0.4) is 0 Å². The second-order valence-electron chi connectivity index (χ2n) is 5.49. The van der Waals surface area contributed by atoms with Gasteiger partial charge < -0.3 is 11.1 Å². The minimum atomic E-state index is -3.33. The van der Waals surface area contributed by atoms with E-state index in [9.17, 15) is 8.42 Å². The van der Waals surface area contributed by atoms with Crippen LogP contribution in [0.25, 0.3) is 0 Å². The van der Waals surface area contributed by atoms with Crippen LogP contribution in [0.1, 0.15) is 26.2 Å². The van der Waals surface area contributed by atoms with Crippen molar-refractivity contribution in [2.75, 3.05) is 29.9 Å². The molecule has 112 valence electrons. The van der Waals surface area contributed by atoms with Gasteiger partial charge in [0.25, 0.3) is 0 Å². The molecule has 1 aromatic heterocycles. The standard InChI is InChI=1S/C12H20N4O2S2/c1-2-20(17,18)10-11(13)15-19-12(10)14-8-5-6-16(7-8)9-3-4-9/h8-9,14H,2-7H2,1H3,(H2,13,15). The van der Waals surface area contributed by atoms with Gasteiger partial charge in [-0.2, -0.15) is 4.37 Å². The van der Waals surface area contributed by atoms with Crippen molar-refractivity contribution in [3.05, 3.63) is 0 Å². The molecule has 3 N–H and O–H groups in total. The Morgan fingerprint density at radius 1 is 1.45 bits per heavy atom. The van der Waals surface area contributed by atoms with E-state index in [0.717, 1.165) is 37.1 Å². The lowest BCUT2D eigenvalue weighted by Gasteiger charge is -2.16. The maximum absolute atomic E-state index is 12.1. The molecular formula is C12H20N4O2S2. The maximum atomic E-state index is 12.1. The lowest BCUT2D eigenvalue weighted by atomic mass is 10.3. The van der Waals surface area contributed by atoms with Crippen molar-refractivity contribution >= 4 is 32.2 Å². The number of aromatic nitrogens is 1. The third-order valence-corrected chi connectivity index (χ3v) is 6.70. The summed E-state index contributed by atoms with van der Waals surface area (Å²) in [7, 11) is -3.33. The monoisotopic (exact) mass is 316 g/mol. The summed E-state index contributed by atoms with van der Waals surface area (Å²) in [4.78, 5) is 2.67. The average Bonchev–Trinajstić information content (AvgIpc) is 3.05. The molecule has 0 spiro atoms. The van der Waals surface area contributed by atoms with Crippen LogP contribution in [-0.2, 0) is 9.84 Å². The summed E-state index contributed by atoms with van der Waals surface area (Å²) >= 11 is 1.15. The summed E-state index contributed by atoms with van der Waals surface area (Å²) in [5.74, 6) is 0.166. The summed E-state index contributed by atoms with van der Waals surface area (Å²) in [5, 5.41) is 3.94. The molecular weight excluding hydrogens is 296 g/mol. The lowest BCUT2D eigenvalue weighted by molar-refractivity contribution is 0.326. The summed E-state index contributed by atoms with van der Waals surface area (Å²) in [6.45, 7) is 3.70. The molecule has 1 aliphatic heterocycles. The van der Waals surface area contributed by atoms with Crippen LogP contribution in [0.4, 0.5) is 10.8 Å². The summed E-state index contributed by atoms with van der Waals surface area (Å²) in [6.07, 6.45) is 3.64. The van der Waals surface area contributed by atoms with Gasteiger partial charge in [-0.05, 0) is 30.8 Å². The fraction of sp³-hybridized carbons (Fsp3) is 0.750. The van der Waals surface area contributed by atoms with Gasteiger partial charge >= 0.3 is 0 Å². The smallest absolute Gasteiger partial charge is 0.184 e. The number of nitrogens with one attached hydrogen (secondary N) is 1. The third-order valence-electron chi connectivity index (χ3n) is 3.98. The van der Waals surface area contributed by atoms with E-state index < -0.39 is 9.84 Å². The predicted molar refractivity (Wildman–Crippen MR) is 80.9 cm³/mol. The molecule has 0 amide bonds. The Morgan fingerprint density at radius 3 is 2.85 bits per heavy atom. The van der Waals surface area contributed by atoms with Crippen molar-refractivity contribution in [2.45, 2.75) is 43.2 Å². The van der Waals surface area contributed by atoms with E-state index in [1.807, 2.05) is 0 Å². The fourth-order valence-corrected chi connectivity index (χ4v) is 4.93. The molecule has 0 bridgehead atoms. The zero-order valence-electron chi connectivity index (χ0n) is 11.5. The minimum Gasteiger partial charge on any atom is -0.382 e. The number of likely N-dealkylation sites (tertiary alicyclic amines) is 1. The van der Waals surface area contributed by atoms with Gasteiger partial charge in [0.15, 0.2) is 15.7 Å². The number of nitrogen functional groups attached to an aromatic ring is 1. The third kappa shape index (κ3) is 2.64. The number of rotatable bonds is 5. The van der Waals surface area contributed by atoms with Crippen LogP contribution in [0, 0.1) is 0 Å². The van der Waals surface area contributed by atoms with Crippen LogP contribution in [0.2, 0.25) is 0 Å². The van der Waals surface area contributed by atoms with Gasteiger partial charge in [-0.1, -0.05) is 6.92 Å². The molecule has 3 rings (SSSR count). The van der Waals surface area contributed by atoms with Gasteiger partial charge in [0.1, 0.15) is 9.90 Å². The molecule has 2 heterocycles. The van der Waals surface area contributed by atoms with Crippen LogP contribution in [-0.4, -0.2) is 48.6 Å².